The number of para-hydroxylation sites is 2. The van der Waals surface area contributed by atoms with E-state index in [1.165, 1.54) is 0 Å². The van der Waals surface area contributed by atoms with Crippen LogP contribution < -0.4 is 14.5 Å². The van der Waals surface area contributed by atoms with Crippen LogP contribution in [0.2, 0.25) is 0 Å². The lowest BCUT2D eigenvalue weighted by Gasteiger charge is -2.40. The number of benzene rings is 3. The van der Waals surface area contributed by atoms with E-state index in [1.54, 1.807) is 7.11 Å². The van der Waals surface area contributed by atoms with E-state index in [4.69, 9.17) is 4.74 Å². The Hall–Kier alpha value is -3.05. The van der Waals surface area contributed by atoms with Gasteiger partial charge >= 0.3 is 0 Å². The van der Waals surface area contributed by atoms with Gasteiger partial charge < -0.3 is 14.5 Å². The Kier molecular flexibility index (Phi) is 6.42. The standard InChI is InChI=1S/C26H31N3O2/c1-4-29(23-14-9-11-21-10-5-6-12-22(21)23)26(30)20(2)27-16-18-28(19-17-27)24-13-7-8-15-25(24)31-3/h5-15,20H,4,16-19H2,1-3H3/t20-/m0/s1. The van der Waals surface area contributed by atoms with Crippen LogP contribution in [-0.4, -0.2) is 56.7 Å². The third kappa shape index (κ3) is 4.23. The van der Waals surface area contributed by atoms with Crippen LogP contribution in [0.25, 0.3) is 10.8 Å². The number of likely N-dealkylation sites (N-methyl/N-ethyl adjacent to an activating group) is 1. The third-order valence-corrected chi connectivity index (χ3v) is 6.28. The molecule has 5 heteroatoms. The van der Waals surface area contributed by atoms with E-state index in [1.807, 2.05) is 55.1 Å². The largest absolute Gasteiger partial charge is 0.495 e. The van der Waals surface area contributed by atoms with Gasteiger partial charge in [0.1, 0.15) is 5.75 Å². The van der Waals surface area contributed by atoms with Crippen molar-refractivity contribution in [3.8, 4) is 5.75 Å². The van der Waals surface area contributed by atoms with Crippen LogP contribution in [0.5, 0.6) is 5.75 Å². The molecule has 31 heavy (non-hydrogen) atoms. The van der Waals surface area contributed by atoms with Crippen LogP contribution in [0.15, 0.2) is 66.7 Å². The minimum Gasteiger partial charge on any atom is -0.495 e. The molecule has 0 aliphatic carbocycles. The molecule has 1 aliphatic heterocycles. The van der Waals surface area contributed by atoms with Gasteiger partial charge in [0.15, 0.2) is 0 Å². The number of ether oxygens (including phenoxy) is 1. The predicted molar refractivity (Wildman–Crippen MR) is 128 cm³/mol. The van der Waals surface area contributed by atoms with Crippen LogP contribution in [0, 0.1) is 0 Å². The second-order valence-electron chi connectivity index (χ2n) is 7.95. The normalized spacial score (nSPS) is 15.6. The van der Waals surface area contributed by atoms with Gasteiger partial charge in [-0.1, -0.05) is 48.5 Å². The summed E-state index contributed by atoms with van der Waals surface area (Å²) in [6.07, 6.45) is 0. The van der Waals surface area contributed by atoms with Gasteiger partial charge in [-0.05, 0) is 37.4 Å². The zero-order valence-corrected chi connectivity index (χ0v) is 18.6. The number of hydrogen-bond acceptors (Lipinski definition) is 4. The first-order valence-corrected chi connectivity index (χ1v) is 11.0. The maximum atomic E-state index is 13.5. The summed E-state index contributed by atoms with van der Waals surface area (Å²) in [4.78, 5) is 20.1. The molecule has 1 atom stereocenters. The monoisotopic (exact) mass is 417 g/mol. The number of nitrogens with zero attached hydrogens (tertiary/aromatic N) is 3. The van der Waals surface area contributed by atoms with Gasteiger partial charge in [-0.3, -0.25) is 9.69 Å². The SMILES string of the molecule is CCN(C(=O)[C@H](C)N1CCN(c2ccccc2OC)CC1)c1cccc2ccccc12. The molecule has 0 saturated carbocycles. The Labute approximate surface area is 184 Å². The highest BCUT2D eigenvalue weighted by Crippen LogP contribution is 2.30. The molecule has 3 aromatic carbocycles. The zero-order chi connectivity index (χ0) is 21.8. The molecule has 1 heterocycles. The molecule has 0 N–H and O–H groups in total. The summed E-state index contributed by atoms with van der Waals surface area (Å²) in [6, 6.07) is 22.4. The number of hydrogen-bond donors (Lipinski definition) is 0. The van der Waals surface area contributed by atoms with Crippen molar-refractivity contribution in [2.45, 2.75) is 19.9 Å². The number of fused-ring (bicyclic) bond motifs is 1. The molecule has 1 saturated heterocycles. The first-order chi connectivity index (χ1) is 15.1. The first-order valence-electron chi connectivity index (χ1n) is 11.0. The van der Waals surface area contributed by atoms with E-state index in [0.29, 0.717) is 6.54 Å². The van der Waals surface area contributed by atoms with E-state index >= 15 is 0 Å². The first kappa shape index (κ1) is 21.2. The van der Waals surface area contributed by atoms with E-state index in [-0.39, 0.29) is 11.9 Å². The van der Waals surface area contributed by atoms with Crippen molar-refractivity contribution in [1.29, 1.82) is 0 Å². The molecule has 5 nitrogen and oxygen atoms in total. The molecule has 1 amide bonds. The highest BCUT2D eigenvalue weighted by molar-refractivity contribution is 6.05. The lowest BCUT2D eigenvalue weighted by atomic mass is 10.1. The van der Waals surface area contributed by atoms with Crippen LogP contribution in [-0.2, 0) is 4.79 Å². The molecule has 1 fully saturated rings. The maximum absolute atomic E-state index is 13.5. The average Bonchev–Trinajstić information content (AvgIpc) is 2.84. The number of amides is 1. The Bertz CT molecular complexity index is 1040. The average molecular weight is 418 g/mol. The predicted octanol–water partition coefficient (Wildman–Crippen LogP) is 4.41. The number of piperazine rings is 1. The fourth-order valence-corrected chi connectivity index (χ4v) is 4.51. The number of methoxy groups -OCH3 is 1. The lowest BCUT2D eigenvalue weighted by Crippen LogP contribution is -2.54. The van der Waals surface area contributed by atoms with Gasteiger partial charge in [0, 0.05) is 38.1 Å². The number of rotatable bonds is 6. The maximum Gasteiger partial charge on any atom is 0.244 e. The fraction of sp³-hybridized carbons (Fsp3) is 0.346. The molecular formula is C26H31N3O2. The second-order valence-corrected chi connectivity index (χ2v) is 7.95. The minimum atomic E-state index is -0.168. The molecule has 0 aromatic heterocycles. The summed E-state index contributed by atoms with van der Waals surface area (Å²) in [6.45, 7) is 8.17. The van der Waals surface area contributed by atoms with Crippen LogP contribution in [0.1, 0.15) is 13.8 Å². The van der Waals surface area contributed by atoms with Gasteiger partial charge in [-0.15, -0.1) is 0 Å². The van der Waals surface area contributed by atoms with Gasteiger partial charge in [-0.2, -0.15) is 0 Å². The highest BCUT2D eigenvalue weighted by atomic mass is 16.5. The highest BCUT2D eigenvalue weighted by Gasteiger charge is 2.30. The molecule has 3 aromatic rings. The van der Waals surface area contributed by atoms with Crippen LogP contribution in [0.3, 0.4) is 0 Å². The third-order valence-electron chi connectivity index (χ3n) is 6.28. The summed E-state index contributed by atoms with van der Waals surface area (Å²) in [5.74, 6) is 1.05. The number of carbonyl (C=O) groups is 1. The second kappa shape index (κ2) is 9.40. The Morgan fingerprint density at radius 2 is 1.65 bits per heavy atom. The van der Waals surface area contributed by atoms with Gasteiger partial charge in [-0.25, -0.2) is 0 Å². The number of anilines is 2. The fourth-order valence-electron chi connectivity index (χ4n) is 4.51. The van der Waals surface area contributed by atoms with E-state index in [9.17, 15) is 4.79 Å². The topological polar surface area (TPSA) is 36.0 Å². The summed E-state index contributed by atoms with van der Waals surface area (Å²) in [5, 5.41) is 2.28. The van der Waals surface area contributed by atoms with E-state index in [2.05, 4.69) is 40.1 Å². The molecule has 0 bridgehead atoms. The van der Waals surface area contributed by atoms with Gasteiger partial charge in [0.05, 0.1) is 24.5 Å². The minimum absolute atomic E-state index is 0.157. The Morgan fingerprint density at radius 3 is 2.39 bits per heavy atom. The molecule has 162 valence electrons. The molecule has 0 unspecified atom stereocenters. The van der Waals surface area contributed by atoms with Gasteiger partial charge in [0.25, 0.3) is 0 Å². The van der Waals surface area contributed by atoms with Crippen molar-refractivity contribution in [2.75, 3.05) is 49.6 Å². The summed E-state index contributed by atoms with van der Waals surface area (Å²) < 4.78 is 5.53. The van der Waals surface area contributed by atoms with Crippen molar-refractivity contribution >= 4 is 28.1 Å². The van der Waals surface area contributed by atoms with Crippen molar-refractivity contribution in [3.63, 3.8) is 0 Å². The van der Waals surface area contributed by atoms with Crippen LogP contribution in [0.4, 0.5) is 11.4 Å². The summed E-state index contributed by atoms with van der Waals surface area (Å²) >= 11 is 0. The van der Waals surface area contributed by atoms with Crippen molar-refractivity contribution in [3.05, 3.63) is 66.7 Å². The molecule has 0 radical (unpaired) electrons. The summed E-state index contributed by atoms with van der Waals surface area (Å²) in [7, 11) is 1.71. The smallest absolute Gasteiger partial charge is 0.244 e. The van der Waals surface area contributed by atoms with E-state index in [0.717, 1.165) is 54.1 Å². The quantitative estimate of drug-likeness (QED) is 0.595. The molecular weight excluding hydrogens is 386 g/mol. The molecule has 4 rings (SSSR count). The van der Waals surface area contributed by atoms with Crippen molar-refractivity contribution in [2.24, 2.45) is 0 Å². The van der Waals surface area contributed by atoms with Crippen molar-refractivity contribution in [1.82, 2.24) is 4.90 Å². The van der Waals surface area contributed by atoms with Crippen LogP contribution >= 0.6 is 0 Å². The molecule has 1 aliphatic rings. The van der Waals surface area contributed by atoms with E-state index < -0.39 is 0 Å². The Morgan fingerprint density at radius 1 is 0.968 bits per heavy atom. The number of carbonyl (C=O) groups excluding carboxylic acids is 1. The summed E-state index contributed by atoms with van der Waals surface area (Å²) in [5.41, 5.74) is 2.11. The zero-order valence-electron chi connectivity index (χ0n) is 18.6. The van der Waals surface area contributed by atoms with Crippen molar-refractivity contribution < 1.29 is 9.53 Å². The Balaban J connectivity index is 1.48. The van der Waals surface area contributed by atoms with Gasteiger partial charge in [0.2, 0.25) is 5.91 Å². The lowest BCUT2D eigenvalue weighted by molar-refractivity contribution is -0.123. The molecule has 0 spiro atoms.